The van der Waals surface area contributed by atoms with E-state index in [1.54, 1.807) is 25.2 Å². The zero-order valence-electron chi connectivity index (χ0n) is 10.2. The molecule has 0 saturated heterocycles. The van der Waals surface area contributed by atoms with Crippen LogP contribution in [0.5, 0.6) is 0 Å². The second kappa shape index (κ2) is 6.53. The van der Waals surface area contributed by atoms with Crippen molar-refractivity contribution in [3.8, 4) is 12.3 Å². The molecule has 0 aliphatic carbocycles. The molecule has 1 aromatic carbocycles. The fourth-order valence-corrected chi connectivity index (χ4v) is 2.04. The number of rotatable bonds is 3. The van der Waals surface area contributed by atoms with Gasteiger partial charge in [0.15, 0.2) is 0 Å². The first-order chi connectivity index (χ1) is 8.47. The Balaban J connectivity index is 2.83. The second-order valence-corrected chi connectivity index (χ2v) is 4.66. The number of hydrogen-bond donors (Lipinski definition) is 1. The molecule has 2 amide bonds. The van der Waals surface area contributed by atoms with Crippen LogP contribution in [-0.4, -0.2) is 24.5 Å². The largest absolute Gasteiger partial charge is 0.327 e. The zero-order chi connectivity index (χ0) is 13.7. The minimum Gasteiger partial charge on any atom is -0.327 e. The van der Waals surface area contributed by atoms with E-state index < -0.39 is 0 Å². The Bertz CT molecular complexity index is 482. The van der Waals surface area contributed by atoms with E-state index in [1.807, 2.05) is 6.92 Å². The Morgan fingerprint density at radius 3 is 2.78 bits per heavy atom. The lowest BCUT2D eigenvalue weighted by molar-refractivity contribution is 0.196. The standard InChI is InChI=1S/C13H14Cl2N2O/c1-4-7-16-13(18)17(3)9(2)11-6-5-10(14)8-12(11)15/h1,5-6,8-9H,7H2,2-3H3,(H,16,18)/t9-/m1/s1. The molecule has 18 heavy (non-hydrogen) atoms. The molecule has 0 aliphatic heterocycles. The summed E-state index contributed by atoms with van der Waals surface area (Å²) in [5.41, 5.74) is 0.833. The fourth-order valence-electron chi connectivity index (χ4n) is 1.48. The molecule has 0 bridgehead atoms. The number of carbonyl (C=O) groups is 1. The van der Waals surface area contributed by atoms with Gasteiger partial charge in [-0.15, -0.1) is 6.42 Å². The van der Waals surface area contributed by atoms with Crippen LogP contribution in [0.4, 0.5) is 4.79 Å². The van der Waals surface area contributed by atoms with Gasteiger partial charge in [-0.1, -0.05) is 35.2 Å². The Morgan fingerprint density at radius 1 is 1.56 bits per heavy atom. The fraction of sp³-hybridized carbons (Fsp3) is 0.308. The van der Waals surface area contributed by atoms with Crippen molar-refractivity contribution in [2.24, 2.45) is 0 Å². The molecule has 3 nitrogen and oxygen atoms in total. The lowest BCUT2D eigenvalue weighted by atomic mass is 10.1. The summed E-state index contributed by atoms with van der Waals surface area (Å²) in [6.07, 6.45) is 5.09. The molecule has 0 fully saturated rings. The summed E-state index contributed by atoms with van der Waals surface area (Å²) >= 11 is 11.9. The van der Waals surface area contributed by atoms with E-state index in [-0.39, 0.29) is 18.6 Å². The maximum atomic E-state index is 11.7. The van der Waals surface area contributed by atoms with Gasteiger partial charge in [0.05, 0.1) is 12.6 Å². The van der Waals surface area contributed by atoms with Crippen LogP contribution >= 0.6 is 23.2 Å². The van der Waals surface area contributed by atoms with Crippen LogP contribution in [-0.2, 0) is 0 Å². The van der Waals surface area contributed by atoms with E-state index in [0.29, 0.717) is 10.0 Å². The number of benzene rings is 1. The van der Waals surface area contributed by atoms with Gasteiger partial charge in [-0.3, -0.25) is 0 Å². The van der Waals surface area contributed by atoms with Gasteiger partial charge < -0.3 is 10.2 Å². The summed E-state index contributed by atoms with van der Waals surface area (Å²) in [6, 6.07) is 4.79. The summed E-state index contributed by atoms with van der Waals surface area (Å²) in [4.78, 5) is 13.3. The Kier molecular flexibility index (Phi) is 5.33. The van der Waals surface area contributed by atoms with Gasteiger partial charge in [-0.05, 0) is 24.6 Å². The molecule has 1 aromatic rings. The predicted octanol–water partition coefficient (Wildman–Crippen LogP) is 3.33. The highest BCUT2D eigenvalue weighted by atomic mass is 35.5. The highest BCUT2D eigenvalue weighted by Gasteiger charge is 2.19. The Labute approximate surface area is 117 Å². The average Bonchev–Trinajstić information content (AvgIpc) is 2.34. The molecule has 96 valence electrons. The highest BCUT2D eigenvalue weighted by molar-refractivity contribution is 6.35. The van der Waals surface area contributed by atoms with Gasteiger partial charge in [-0.2, -0.15) is 0 Å². The second-order valence-electron chi connectivity index (χ2n) is 3.82. The summed E-state index contributed by atoms with van der Waals surface area (Å²) < 4.78 is 0. The first-order valence-electron chi connectivity index (χ1n) is 5.36. The van der Waals surface area contributed by atoms with E-state index in [2.05, 4.69) is 11.2 Å². The number of carbonyl (C=O) groups excluding carboxylic acids is 1. The Morgan fingerprint density at radius 2 is 2.22 bits per heavy atom. The summed E-state index contributed by atoms with van der Waals surface area (Å²) in [7, 11) is 1.68. The summed E-state index contributed by atoms with van der Waals surface area (Å²) in [6.45, 7) is 2.08. The molecule has 5 heteroatoms. The van der Waals surface area contributed by atoms with Crippen molar-refractivity contribution in [1.29, 1.82) is 0 Å². The minimum absolute atomic E-state index is 0.174. The maximum Gasteiger partial charge on any atom is 0.318 e. The molecule has 0 unspecified atom stereocenters. The van der Waals surface area contributed by atoms with E-state index in [1.165, 1.54) is 4.90 Å². The highest BCUT2D eigenvalue weighted by Crippen LogP contribution is 2.28. The zero-order valence-corrected chi connectivity index (χ0v) is 11.7. The van der Waals surface area contributed by atoms with Gasteiger partial charge in [0.2, 0.25) is 0 Å². The van der Waals surface area contributed by atoms with Crippen LogP contribution in [0.3, 0.4) is 0 Å². The van der Waals surface area contributed by atoms with Gasteiger partial charge in [0, 0.05) is 17.1 Å². The van der Waals surface area contributed by atoms with Crippen molar-refractivity contribution in [2.45, 2.75) is 13.0 Å². The smallest absolute Gasteiger partial charge is 0.318 e. The van der Waals surface area contributed by atoms with Crippen LogP contribution < -0.4 is 5.32 Å². The molecule has 1 N–H and O–H groups in total. The number of hydrogen-bond acceptors (Lipinski definition) is 1. The third kappa shape index (κ3) is 3.56. The Hall–Kier alpha value is -1.37. The molecular formula is C13H14Cl2N2O. The quantitative estimate of drug-likeness (QED) is 0.849. The molecule has 1 rings (SSSR count). The van der Waals surface area contributed by atoms with Gasteiger partial charge in [0.1, 0.15) is 0 Å². The SMILES string of the molecule is C#CCNC(=O)N(C)[C@H](C)c1ccc(Cl)cc1Cl. The van der Waals surface area contributed by atoms with Gasteiger partial charge in [-0.25, -0.2) is 4.79 Å². The lowest BCUT2D eigenvalue weighted by Gasteiger charge is -2.26. The van der Waals surface area contributed by atoms with Gasteiger partial charge in [0.25, 0.3) is 0 Å². The lowest BCUT2D eigenvalue weighted by Crippen LogP contribution is -2.38. The summed E-state index contributed by atoms with van der Waals surface area (Å²) in [5.74, 6) is 2.35. The topological polar surface area (TPSA) is 32.3 Å². The molecule has 0 aliphatic rings. The normalized spacial score (nSPS) is 11.5. The van der Waals surface area contributed by atoms with Crippen LogP contribution in [0.1, 0.15) is 18.5 Å². The number of nitrogens with zero attached hydrogens (tertiary/aromatic N) is 1. The predicted molar refractivity (Wildman–Crippen MR) is 74.9 cm³/mol. The molecule has 0 heterocycles. The monoisotopic (exact) mass is 284 g/mol. The van der Waals surface area contributed by atoms with E-state index in [4.69, 9.17) is 29.6 Å². The molecule has 0 aromatic heterocycles. The van der Waals surface area contributed by atoms with Crippen molar-refractivity contribution in [3.63, 3.8) is 0 Å². The van der Waals surface area contributed by atoms with Crippen molar-refractivity contribution >= 4 is 29.2 Å². The third-order valence-corrected chi connectivity index (χ3v) is 3.22. The van der Waals surface area contributed by atoms with Crippen molar-refractivity contribution in [1.82, 2.24) is 10.2 Å². The van der Waals surface area contributed by atoms with Crippen molar-refractivity contribution < 1.29 is 4.79 Å². The minimum atomic E-state index is -0.244. The maximum absolute atomic E-state index is 11.7. The molecule has 1 atom stereocenters. The third-order valence-electron chi connectivity index (χ3n) is 2.66. The average molecular weight is 285 g/mol. The molecular weight excluding hydrogens is 271 g/mol. The molecule has 0 saturated carbocycles. The molecule has 0 radical (unpaired) electrons. The first-order valence-corrected chi connectivity index (χ1v) is 6.12. The van der Waals surface area contributed by atoms with E-state index in [0.717, 1.165) is 5.56 Å². The molecule has 0 spiro atoms. The van der Waals surface area contributed by atoms with Crippen LogP contribution in [0, 0.1) is 12.3 Å². The number of terminal acetylenes is 1. The van der Waals surface area contributed by atoms with Gasteiger partial charge >= 0.3 is 6.03 Å². The van der Waals surface area contributed by atoms with Crippen molar-refractivity contribution in [3.05, 3.63) is 33.8 Å². The number of amides is 2. The van der Waals surface area contributed by atoms with Crippen LogP contribution in [0.15, 0.2) is 18.2 Å². The summed E-state index contributed by atoms with van der Waals surface area (Å²) in [5, 5.41) is 3.69. The van der Waals surface area contributed by atoms with E-state index >= 15 is 0 Å². The van der Waals surface area contributed by atoms with Crippen molar-refractivity contribution in [2.75, 3.05) is 13.6 Å². The number of urea groups is 1. The van der Waals surface area contributed by atoms with Crippen LogP contribution in [0.2, 0.25) is 10.0 Å². The van der Waals surface area contributed by atoms with E-state index in [9.17, 15) is 4.79 Å². The number of nitrogens with one attached hydrogen (secondary N) is 1. The van der Waals surface area contributed by atoms with Crippen LogP contribution in [0.25, 0.3) is 0 Å². The number of halogens is 2. The first kappa shape index (κ1) is 14.7.